The maximum atomic E-state index is 14.5. The van der Waals surface area contributed by atoms with E-state index in [9.17, 15) is 8.78 Å². The molecule has 0 aliphatic heterocycles. The lowest BCUT2D eigenvalue weighted by Gasteiger charge is -2.06. The summed E-state index contributed by atoms with van der Waals surface area (Å²) >= 11 is 0. The number of hydrogen-bond donors (Lipinski definition) is 0. The largest absolute Gasteiger partial charge is 0.490 e. The van der Waals surface area contributed by atoms with Crippen LogP contribution in [0.1, 0.15) is 19.8 Å². The van der Waals surface area contributed by atoms with Crippen molar-refractivity contribution in [1.82, 2.24) is 0 Å². The molecule has 0 spiro atoms. The van der Waals surface area contributed by atoms with Crippen LogP contribution >= 0.6 is 0 Å². The van der Waals surface area contributed by atoms with Gasteiger partial charge in [0.05, 0.1) is 6.61 Å². The second-order valence-electron chi connectivity index (χ2n) is 5.03. The van der Waals surface area contributed by atoms with E-state index in [0.717, 1.165) is 12.8 Å². The van der Waals surface area contributed by atoms with Crippen molar-refractivity contribution >= 4 is 21.9 Å². The Balaban J connectivity index is 2.13. The predicted molar refractivity (Wildman–Crippen MR) is 83.5 cm³/mol. The first-order valence-corrected chi connectivity index (χ1v) is 7.25. The zero-order valence-electron chi connectivity index (χ0n) is 12.5. The Hall–Kier alpha value is -2.74. The second-order valence-corrected chi connectivity index (χ2v) is 5.03. The maximum Gasteiger partial charge on any atom is 0.209 e. The Kier molecular flexibility index (Phi) is 4.07. The number of halogens is 2. The van der Waals surface area contributed by atoms with E-state index in [2.05, 4.69) is 0 Å². The number of hydrogen-bond acceptors (Lipinski definition) is 3. The quantitative estimate of drug-likeness (QED) is 0.489. The fourth-order valence-electron chi connectivity index (χ4n) is 2.38. The molecule has 0 N–H and O–H groups in total. The third kappa shape index (κ3) is 2.57. The van der Waals surface area contributed by atoms with Crippen LogP contribution in [0.25, 0.3) is 21.9 Å². The molecule has 0 saturated heterocycles. The molecule has 3 rings (SSSR count). The summed E-state index contributed by atoms with van der Waals surface area (Å²) in [6.07, 6.45) is 8.66. The summed E-state index contributed by atoms with van der Waals surface area (Å²) in [4.78, 5) is 0. The van der Waals surface area contributed by atoms with Crippen LogP contribution in [0, 0.1) is 24.2 Å². The molecule has 0 aliphatic rings. The van der Waals surface area contributed by atoms with Crippen molar-refractivity contribution in [2.45, 2.75) is 19.8 Å². The molecule has 2 aromatic carbocycles. The van der Waals surface area contributed by atoms with Crippen LogP contribution in [-0.2, 0) is 0 Å². The van der Waals surface area contributed by atoms with E-state index < -0.39 is 11.6 Å². The smallest absolute Gasteiger partial charge is 0.209 e. The highest BCUT2D eigenvalue weighted by atomic mass is 19.1. The molecule has 5 heteroatoms. The van der Waals surface area contributed by atoms with Gasteiger partial charge in [-0.2, -0.15) is 8.78 Å². The van der Waals surface area contributed by atoms with E-state index in [1.807, 2.05) is 13.0 Å². The fraction of sp³-hybridized carbons (Fsp3) is 0.222. The van der Waals surface area contributed by atoms with E-state index in [4.69, 9.17) is 20.3 Å². The number of benzene rings is 2. The summed E-state index contributed by atoms with van der Waals surface area (Å²) in [6.45, 7) is 2.43. The van der Waals surface area contributed by atoms with Crippen molar-refractivity contribution in [1.29, 1.82) is 0 Å². The lowest BCUT2D eigenvalue weighted by molar-refractivity contribution is 0.294. The fourth-order valence-corrected chi connectivity index (χ4v) is 2.38. The first-order valence-electron chi connectivity index (χ1n) is 7.25. The van der Waals surface area contributed by atoms with E-state index in [1.54, 1.807) is 12.1 Å². The first kappa shape index (κ1) is 15.2. The predicted octanol–water partition coefficient (Wildman–Crippen LogP) is 5.01. The molecule has 0 saturated carbocycles. The molecule has 0 radical (unpaired) electrons. The topological polar surface area (TPSA) is 31.6 Å². The zero-order chi connectivity index (χ0) is 16.4. The lowest BCUT2D eigenvalue weighted by Crippen LogP contribution is -1.98. The van der Waals surface area contributed by atoms with Crippen molar-refractivity contribution in [3.8, 4) is 24.0 Å². The second kappa shape index (κ2) is 6.17. The van der Waals surface area contributed by atoms with Crippen molar-refractivity contribution in [2.75, 3.05) is 6.61 Å². The Morgan fingerprint density at radius 1 is 1.04 bits per heavy atom. The van der Waals surface area contributed by atoms with Crippen LogP contribution in [0.3, 0.4) is 0 Å². The molecule has 3 nitrogen and oxygen atoms in total. The van der Waals surface area contributed by atoms with Gasteiger partial charge in [0.25, 0.3) is 0 Å². The van der Waals surface area contributed by atoms with Gasteiger partial charge in [0.1, 0.15) is 6.11 Å². The molecule has 0 unspecified atom stereocenters. The van der Waals surface area contributed by atoms with Crippen molar-refractivity contribution < 1.29 is 22.7 Å². The maximum absolute atomic E-state index is 14.5. The summed E-state index contributed by atoms with van der Waals surface area (Å²) in [6, 6.07) is 6.13. The van der Waals surface area contributed by atoms with Gasteiger partial charge in [-0.15, -0.1) is 0 Å². The molecular weight excluding hydrogens is 302 g/mol. The normalized spacial score (nSPS) is 10.9. The van der Waals surface area contributed by atoms with Gasteiger partial charge >= 0.3 is 0 Å². The number of furan rings is 1. The lowest BCUT2D eigenvalue weighted by atomic mass is 10.1. The molecule has 0 aliphatic carbocycles. The number of fused-ring (bicyclic) bond motifs is 3. The van der Waals surface area contributed by atoms with Crippen molar-refractivity contribution in [3.63, 3.8) is 0 Å². The molecule has 1 aromatic heterocycles. The highest BCUT2D eigenvalue weighted by Gasteiger charge is 2.20. The van der Waals surface area contributed by atoms with E-state index in [0.29, 0.717) is 17.4 Å². The third-order valence-corrected chi connectivity index (χ3v) is 3.54. The van der Waals surface area contributed by atoms with Gasteiger partial charge in [0.15, 0.2) is 22.7 Å². The number of terminal acetylenes is 1. The molecule has 0 fully saturated rings. The van der Waals surface area contributed by atoms with Gasteiger partial charge in [-0.05, 0) is 30.7 Å². The van der Waals surface area contributed by atoms with E-state index >= 15 is 0 Å². The third-order valence-electron chi connectivity index (χ3n) is 3.54. The van der Waals surface area contributed by atoms with Gasteiger partial charge in [-0.3, -0.25) is 0 Å². The van der Waals surface area contributed by atoms with Gasteiger partial charge in [-0.1, -0.05) is 19.8 Å². The summed E-state index contributed by atoms with van der Waals surface area (Å²) in [5, 5.41) is 0.910. The molecule has 118 valence electrons. The Labute approximate surface area is 131 Å². The molecule has 3 aromatic rings. The minimum Gasteiger partial charge on any atom is -0.490 e. The number of ether oxygens (including phenoxy) is 2. The van der Waals surface area contributed by atoms with Crippen molar-refractivity contribution in [2.24, 2.45) is 0 Å². The highest BCUT2D eigenvalue weighted by molar-refractivity contribution is 6.06. The average molecular weight is 316 g/mol. The number of rotatable bonds is 5. The van der Waals surface area contributed by atoms with Gasteiger partial charge in [0, 0.05) is 10.8 Å². The minimum absolute atomic E-state index is 0.0502. The zero-order valence-corrected chi connectivity index (χ0v) is 12.5. The molecule has 1 heterocycles. The first-order chi connectivity index (χ1) is 11.2. The van der Waals surface area contributed by atoms with Gasteiger partial charge in [0.2, 0.25) is 11.6 Å². The van der Waals surface area contributed by atoms with Crippen molar-refractivity contribution in [3.05, 3.63) is 35.9 Å². The van der Waals surface area contributed by atoms with Gasteiger partial charge < -0.3 is 13.9 Å². The van der Waals surface area contributed by atoms with Crippen LogP contribution in [0.2, 0.25) is 0 Å². The van der Waals surface area contributed by atoms with Crippen LogP contribution in [-0.4, -0.2) is 6.61 Å². The van der Waals surface area contributed by atoms with Crippen LogP contribution in [0.15, 0.2) is 28.7 Å². The molecule has 0 bridgehead atoms. The summed E-state index contributed by atoms with van der Waals surface area (Å²) in [5.41, 5.74) is -0.150. The Bertz CT molecular complexity index is 906. The summed E-state index contributed by atoms with van der Waals surface area (Å²) < 4.78 is 44.3. The van der Waals surface area contributed by atoms with Gasteiger partial charge in [-0.25, -0.2) is 0 Å². The van der Waals surface area contributed by atoms with Crippen LogP contribution < -0.4 is 9.47 Å². The number of unbranched alkanes of at least 4 members (excludes halogenated alkanes) is 1. The van der Waals surface area contributed by atoms with E-state index in [-0.39, 0.29) is 22.7 Å². The van der Waals surface area contributed by atoms with Crippen LogP contribution in [0.4, 0.5) is 8.78 Å². The summed E-state index contributed by atoms with van der Waals surface area (Å²) in [5.74, 6) is -1.46. The SMILES string of the molecule is C#COc1ccc2c(oc3c(F)c(OCCCC)ccc32)c1F. The minimum atomic E-state index is -0.760. The monoisotopic (exact) mass is 316 g/mol. The highest BCUT2D eigenvalue weighted by Crippen LogP contribution is 2.37. The molecular formula is C18H14F2O3. The Morgan fingerprint density at radius 2 is 1.65 bits per heavy atom. The van der Waals surface area contributed by atoms with Crippen LogP contribution in [0.5, 0.6) is 11.5 Å². The summed E-state index contributed by atoms with van der Waals surface area (Å²) in [7, 11) is 0. The molecule has 0 amide bonds. The Morgan fingerprint density at radius 3 is 2.26 bits per heavy atom. The molecule has 0 atom stereocenters. The average Bonchev–Trinajstić information content (AvgIpc) is 2.93. The molecule has 23 heavy (non-hydrogen) atoms. The van der Waals surface area contributed by atoms with E-state index in [1.165, 1.54) is 12.1 Å². The standard InChI is InChI=1S/C18H14F2O3/c1-3-5-10-22-14-9-7-12-11-6-8-13(21-4-2)15(19)17(11)23-18(12)16(14)20/h2,6-9H,3,5,10H2,1H3.